The van der Waals surface area contributed by atoms with Crippen LogP contribution in [0.4, 0.5) is 5.69 Å². The van der Waals surface area contributed by atoms with Crippen molar-refractivity contribution in [1.29, 1.82) is 0 Å². The summed E-state index contributed by atoms with van der Waals surface area (Å²) in [6, 6.07) is 22.9. The second kappa shape index (κ2) is 7.29. The summed E-state index contributed by atoms with van der Waals surface area (Å²) in [6.45, 7) is 1.85. The van der Waals surface area contributed by atoms with E-state index in [1.54, 1.807) is 72.8 Å². The van der Waals surface area contributed by atoms with E-state index in [-0.39, 0.29) is 4.90 Å². The Morgan fingerprint density at radius 3 is 1.90 bits per heavy atom. The molecule has 0 radical (unpaired) electrons. The summed E-state index contributed by atoms with van der Waals surface area (Å²) in [5.41, 5.74) is 1.99. The molecule has 1 fully saturated rings. The van der Waals surface area contributed by atoms with E-state index in [1.165, 1.54) is 17.0 Å². The van der Waals surface area contributed by atoms with Crippen LogP contribution in [0.15, 0.2) is 89.8 Å². The molecule has 0 bridgehead atoms. The van der Waals surface area contributed by atoms with Crippen molar-refractivity contribution in [3.63, 3.8) is 0 Å². The second-order valence-corrected chi connectivity index (χ2v) is 9.08. The quantitative estimate of drug-likeness (QED) is 0.623. The average Bonchev–Trinajstić information content (AvgIpc) is 3.01. The summed E-state index contributed by atoms with van der Waals surface area (Å²) >= 11 is 0. The number of hydrogen-bond acceptors (Lipinski definition) is 4. The molecule has 0 aromatic heterocycles. The van der Waals surface area contributed by atoms with Crippen LogP contribution in [0, 0.1) is 6.92 Å². The molecule has 0 N–H and O–H groups in total. The van der Waals surface area contributed by atoms with Gasteiger partial charge in [0.05, 0.1) is 10.9 Å². The van der Waals surface area contributed by atoms with Crippen LogP contribution >= 0.6 is 0 Å². The molecule has 3 aromatic carbocycles. The van der Waals surface area contributed by atoms with E-state index in [0.29, 0.717) is 11.3 Å². The van der Waals surface area contributed by atoms with Gasteiger partial charge in [0.25, 0.3) is 5.91 Å². The molecule has 2 atom stereocenters. The minimum Gasteiger partial charge on any atom is -0.296 e. The van der Waals surface area contributed by atoms with Gasteiger partial charge >= 0.3 is 0 Å². The zero-order valence-corrected chi connectivity index (χ0v) is 16.5. The third kappa shape index (κ3) is 3.25. The number of nitrogens with zero attached hydrogens (tertiary/aromatic N) is 1. The van der Waals surface area contributed by atoms with Gasteiger partial charge in [-0.05, 0) is 36.8 Å². The molecule has 1 aliphatic rings. The number of carbonyl (C=O) groups excluding carboxylic acids is 2. The summed E-state index contributed by atoms with van der Waals surface area (Å²) in [5, 5.41) is -1.51. The number of hydrogen-bond donors (Lipinski definition) is 0. The van der Waals surface area contributed by atoms with Crippen molar-refractivity contribution in [1.82, 2.24) is 0 Å². The first-order chi connectivity index (χ1) is 13.9. The Bertz CT molecular complexity index is 1160. The van der Waals surface area contributed by atoms with Crippen molar-refractivity contribution >= 4 is 27.2 Å². The van der Waals surface area contributed by atoms with Crippen LogP contribution in [0.3, 0.4) is 0 Å². The number of rotatable bonds is 4. The number of anilines is 1. The van der Waals surface area contributed by atoms with Crippen LogP contribution in [0.25, 0.3) is 0 Å². The van der Waals surface area contributed by atoms with Gasteiger partial charge in [-0.3, -0.25) is 14.5 Å². The maximum Gasteiger partial charge on any atom is 0.296 e. The van der Waals surface area contributed by atoms with Gasteiger partial charge in [-0.2, -0.15) is 0 Å². The molecular weight excluding hydrogens is 386 g/mol. The van der Waals surface area contributed by atoms with Gasteiger partial charge in [0, 0.05) is 5.69 Å². The Balaban J connectivity index is 1.91. The number of carbonyl (C=O) groups is 2. The lowest BCUT2D eigenvalue weighted by molar-refractivity contribution is -0.133. The highest BCUT2D eigenvalue weighted by atomic mass is 32.2. The maximum atomic E-state index is 13.5. The van der Waals surface area contributed by atoms with Crippen molar-refractivity contribution in [3.05, 3.63) is 96.1 Å². The van der Waals surface area contributed by atoms with E-state index in [9.17, 15) is 18.0 Å². The number of aryl methyl sites for hydroxylation is 1. The highest BCUT2D eigenvalue weighted by Crippen LogP contribution is 2.40. The average molecular weight is 405 g/mol. The fraction of sp³-hybridized carbons (Fsp3) is 0.130. The van der Waals surface area contributed by atoms with Crippen LogP contribution in [-0.4, -0.2) is 25.4 Å². The fourth-order valence-electron chi connectivity index (χ4n) is 3.67. The topological polar surface area (TPSA) is 71.5 Å². The summed E-state index contributed by atoms with van der Waals surface area (Å²) in [5.74, 6) is -1.73. The summed E-state index contributed by atoms with van der Waals surface area (Å²) in [4.78, 5) is 27.3. The molecule has 6 heteroatoms. The SMILES string of the molecule is Cc1ccc(S(=O)(=O)[C@@H]2C(=O)C(=O)N(c3ccccc3)[C@@H]2c2ccccc2)cc1. The molecule has 29 heavy (non-hydrogen) atoms. The van der Waals surface area contributed by atoms with Gasteiger partial charge < -0.3 is 0 Å². The zero-order chi connectivity index (χ0) is 20.6. The minimum absolute atomic E-state index is 0.0325. The Labute approximate surface area is 169 Å². The van der Waals surface area contributed by atoms with Crippen LogP contribution in [-0.2, 0) is 19.4 Å². The van der Waals surface area contributed by atoms with E-state index in [2.05, 4.69) is 0 Å². The highest BCUT2D eigenvalue weighted by Gasteiger charge is 2.55. The predicted molar refractivity (Wildman–Crippen MR) is 110 cm³/mol. The van der Waals surface area contributed by atoms with Crippen LogP contribution in [0.2, 0.25) is 0 Å². The van der Waals surface area contributed by atoms with Crippen molar-refractivity contribution in [3.8, 4) is 0 Å². The molecule has 0 spiro atoms. The smallest absolute Gasteiger partial charge is 0.296 e. The van der Waals surface area contributed by atoms with Crippen molar-refractivity contribution in [2.75, 3.05) is 4.90 Å². The Kier molecular flexibility index (Phi) is 4.80. The first kappa shape index (κ1) is 19.1. The fourth-order valence-corrected chi connectivity index (χ4v) is 5.48. The Hall–Kier alpha value is -3.25. The van der Waals surface area contributed by atoms with Gasteiger partial charge in [0.1, 0.15) is 0 Å². The molecule has 1 heterocycles. The largest absolute Gasteiger partial charge is 0.296 e. The first-order valence-corrected chi connectivity index (χ1v) is 10.7. The standard InChI is InChI=1S/C23H19NO4S/c1-16-12-14-19(15-13-16)29(27,28)22-20(17-8-4-2-5-9-17)24(23(26)21(22)25)18-10-6-3-7-11-18/h2-15,20,22H,1H3/t20-,22+/m1/s1. The second-order valence-electron chi connectivity index (χ2n) is 7.01. The van der Waals surface area contributed by atoms with Gasteiger partial charge in [0.2, 0.25) is 5.78 Å². The first-order valence-electron chi connectivity index (χ1n) is 9.19. The van der Waals surface area contributed by atoms with Gasteiger partial charge in [0.15, 0.2) is 15.1 Å². The number of benzene rings is 3. The van der Waals surface area contributed by atoms with Crippen molar-refractivity contribution < 1.29 is 18.0 Å². The predicted octanol–water partition coefficient (Wildman–Crippen LogP) is 3.49. The van der Waals surface area contributed by atoms with E-state index in [4.69, 9.17) is 0 Å². The molecule has 1 saturated heterocycles. The third-order valence-corrected chi connectivity index (χ3v) is 7.18. The van der Waals surface area contributed by atoms with Crippen molar-refractivity contribution in [2.24, 2.45) is 0 Å². The number of ketones is 1. The van der Waals surface area contributed by atoms with Crippen molar-refractivity contribution in [2.45, 2.75) is 23.1 Å². The molecule has 5 nitrogen and oxygen atoms in total. The van der Waals surface area contributed by atoms with Gasteiger partial charge in [-0.1, -0.05) is 66.2 Å². The molecular formula is C23H19NO4S. The molecule has 0 saturated carbocycles. The van der Waals surface area contributed by atoms with Gasteiger partial charge in [-0.15, -0.1) is 0 Å². The van der Waals surface area contributed by atoms with Crippen LogP contribution in [0.1, 0.15) is 17.2 Å². The Morgan fingerprint density at radius 2 is 1.31 bits per heavy atom. The number of amides is 1. The molecule has 146 valence electrons. The molecule has 3 aromatic rings. The number of para-hydroxylation sites is 1. The lowest BCUT2D eigenvalue weighted by Crippen LogP contribution is -2.34. The monoisotopic (exact) mass is 405 g/mol. The van der Waals surface area contributed by atoms with Crippen LogP contribution in [0.5, 0.6) is 0 Å². The maximum absolute atomic E-state index is 13.5. The number of sulfone groups is 1. The lowest BCUT2D eigenvalue weighted by atomic mass is 10.0. The van der Waals surface area contributed by atoms with Crippen LogP contribution < -0.4 is 4.90 Å². The van der Waals surface area contributed by atoms with E-state index in [1.807, 2.05) is 6.92 Å². The molecule has 0 aliphatic carbocycles. The molecule has 4 rings (SSSR count). The zero-order valence-electron chi connectivity index (χ0n) is 15.7. The van der Waals surface area contributed by atoms with E-state index < -0.39 is 32.8 Å². The highest BCUT2D eigenvalue weighted by molar-refractivity contribution is 7.93. The summed E-state index contributed by atoms with van der Waals surface area (Å²) in [6.07, 6.45) is 0. The Morgan fingerprint density at radius 1 is 0.759 bits per heavy atom. The van der Waals surface area contributed by atoms with Gasteiger partial charge in [-0.25, -0.2) is 8.42 Å². The molecule has 1 aliphatic heterocycles. The summed E-state index contributed by atoms with van der Waals surface area (Å²) < 4.78 is 26.9. The molecule has 0 unspecified atom stereocenters. The van der Waals surface area contributed by atoms with E-state index in [0.717, 1.165) is 5.56 Å². The number of Topliss-reactive ketones (excluding diaryl/α,β-unsaturated/α-hetero) is 1. The summed E-state index contributed by atoms with van der Waals surface area (Å²) in [7, 11) is -4.09. The minimum atomic E-state index is -4.09. The third-order valence-electron chi connectivity index (χ3n) is 5.11. The molecule has 1 amide bonds. The lowest BCUT2D eigenvalue weighted by Gasteiger charge is -2.27. The normalized spacial score (nSPS) is 19.6. The van der Waals surface area contributed by atoms with E-state index >= 15 is 0 Å².